The first-order chi connectivity index (χ1) is 11.8. The summed E-state index contributed by atoms with van der Waals surface area (Å²) in [6, 6.07) is 16.9. The molecule has 0 radical (unpaired) electrons. The van der Waals surface area contributed by atoms with Crippen LogP contribution in [0.15, 0.2) is 65.7 Å². The molecule has 5 heteroatoms. The fourth-order valence-electron chi connectivity index (χ4n) is 2.62. The third kappa shape index (κ3) is 3.99. The van der Waals surface area contributed by atoms with E-state index in [1.165, 1.54) is 4.57 Å². The predicted octanol–water partition coefficient (Wildman–Crippen LogP) is 4.73. The topological polar surface area (TPSA) is 48.3 Å². The zero-order chi connectivity index (χ0) is 18.0. The van der Waals surface area contributed by atoms with Gasteiger partial charge in [0, 0.05) is 16.5 Å². The van der Waals surface area contributed by atoms with Crippen molar-refractivity contribution in [2.24, 2.45) is 0 Å². The maximum absolute atomic E-state index is 12.7. The molecule has 0 saturated heterocycles. The van der Waals surface area contributed by atoms with Crippen LogP contribution in [0.3, 0.4) is 0 Å². The van der Waals surface area contributed by atoms with Gasteiger partial charge in [0.1, 0.15) is 5.60 Å². The fraction of sp³-hybridized carbons (Fsp3) is 0.250. The van der Waals surface area contributed by atoms with E-state index in [9.17, 15) is 9.00 Å². The van der Waals surface area contributed by atoms with Crippen LogP contribution >= 0.6 is 0 Å². The van der Waals surface area contributed by atoms with Crippen molar-refractivity contribution in [3.8, 4) is 0 Å². The number of benzene rings is 2. The Labute approximate surface area is 149 Å². The normalized spacial score (nSPS) is 12.9. The summed E-state index contributed by atoms with van der Waals surface area (Å²) in [7, 11) is -1.17. The van der Waals surface area contributed by atoms with Crippen LogP contribution in [-0.2, 0) is 21.3 Å². The first kappa shape index (κ1) is 17.4. The van der Waals surface area contributed by atoms with Gasteiger partial charge in [-0.1, -0.05) is 36.4 Å². The van der Waals surface area contributed by atoms with Gasteiger partial charge < -0.3 is 4.74 Å². The van der Waals surface area contributed by atoms with Gasteiger partial charge in [0.2, 0.25) is 0 Å². The lowest BCUT2D eigenvalue weighted by Crippen LogP contribution is -2.26. The maximum Gasteiger partial charge on any atom is 0.419 e. The number of ether oxygens (including phenoxy) is 1. The fourth-order valence-corrected chi connectivity index (χ4v) is 3.76. The van der Waals surface area contributed by atoms with E-state index in [2.05, 4.69) is 0 Å². The van der Waals surface area contributed by atoms with Gasteiger partial charge in [-0.3, -0.25) is 8.78 Å². The molecule has 0 aliphatic carbocycles. The zero-order valence-electron chi connectivity index (χ0n) is 14.6. The highest BCUT2D eigenvalue weighted by atomic mass is 32.2. The standard InChI is InChI=1S/C20H21NO3S/c1-20(2,3)24-19(22)21-13-15(17-11-7-8-12-18(17)21)14-25(23)16-9-5-4-6-10-16/h4-13H,14H2,1-3H3. The van der Waals surface area contributed by atoms with E-state index in [0.29, 0.717) is 5.75 Å². The summed E-state index contributed by atoms with van der Waals surface area (Å²) >= 11 is 0. The zero-order valence-corrected chi connectivity index (χ0v) is 15.4. The highest BCUT2D eigenvalue weighted by molar-refractivity contribution is 7.84. The Morgan fingerprint density at radius 3 is 2.36 bits per heavy atom. The number of aromatic nitrogens is 1. The largest absolute Gasteiger partial charge is 0.443 e. The van der Waals surface area contributed by atoms with E-state index in [0.717, 1.165) is 21.4 Å². The lowest BCUT2D eigenvalue weighted by Gasteiger charge is -2.19. The molecule has 1 heterocycles. The molecule has 3 aromatic rings. The van der Waals surface area contributed by atoms with Crippen molar-refractivity contribution in [3.63, 3.8) is 0 Å². The van der Waals surface area contributed by atoms with Gasteiger partial charge in [-0.25, -0.2) is 4.79 Å². The number of carbonyl (C=O) groups is 1. The van der Waals surface area contributed by atoms with E-state index in [1.807, 2.05) is 75.4 Å². The Morgan fingerprint density at radius 1 is 1.04 bits per heavy atom. The summed E-state index contributed by atoms with van der Waals surface area (Å²) in [6.07, 6.45) is 1.31. The average molecular weight is 355 g/mol. The van der Waals surface area contributed by atoms with Gasteiger partial charge in [0.05, 0.1) is 22.1 Å². The molecule has 4 nitrogen and oxygen atoms in total. The van der Waals surface area contributed by atoms with Gasteiger partial charge in [-0.05, 0) is 44.5 Å². The summed E-state index contributed by atoms with van der Waals surface area (Å²) in [5.41, 5.74) is 1.05. The molecule has 0 bridgehead atoms. The van der Waals surface area contributed by atoms with Crippen LogP contribution in [0.5, 0.6) is 0 Å². The van der Waals surface area contributed by atoms with E-state index in [1.54, 1.807) is 6.20 Å². The number of carbonyl (C=O) groups excluding carboxylic acids is 1. The summed E-state index contributed by atoms with van der Waals surface area (Å²) in [4.78, 5) is 13.3. The third-order valence-electron chi connectivity index (χ3n) is 3.68. The lowest BCUT2D eigenvalue weighted by molar-refractivity contribution is 0.0544. The van der Waals surface area contributed by atoms with Gasteiger partial charge in [-0.15, -0.1) is 0 Å². The van der Waals surface area contributed by atoms with Crippen molar-refractivity contribution in [1.82, 2.24) is 4.57 Å². The minimum Gasteiger partial charge on any atom is -0.443 e. The van der Waals surface area contributed by atoms with Crippen LogP contribution in [-0.4, -0.2) is 20.5 Å². The molecule has 1 unspecified atom stereocenters. The van der Waals surface area contributed by atoms with E-state index in [-0.39, 0.29) is 0 Å². The molecular formula is C20H21NO3S. The number of hydrogen-bond acceptors (Lipinski definition) is 3. The van der Waals surface area contributed by atoms with E-state index >= 15 is 0 Å². The Morgan fingerprint density at radius 2 is 1.68 bits per heavy atom. The van der Waals surface area contributed by atoms with Crippen molar-refractivity contribution in [1.29, 1.82) is 0 Å². The van der Waals surface area contributed by atoms with E-state index < -0.39 is 22.5 Å². The summed E-state index contributed by atoms with van der Waals surface area (Å²) < 4.78 is 19.6. The van der Waals surface area contributed by atoms with Crippen molar-refractivity contribution < 1.29 is 13.7 Å². The molecule has 0 aliphatic heterocycles. The van der Waals surface area contributed by atoms with E-state index in [4.69, 9.17) is 4.74 Å². The lowest BCUT2D eigenvalue weighted by atomic mass is 10.2. The average Bonchev–Trinajstić information content (AvgIpc) is 2.93. The van der Waals surface area contributed by atoms with Gasteiger partial charge >= 0.3 is 6.09 Å². The third-order valence-corrected chi connectivity index (χ3v) is 5.05. The Hall–Kier alpha value is -2.40. The Balaban J connectivity index is 1.97. The molecule has 0 aliphatic rings. The molecule has 25 heavy (non-hydrogen) atoms. The second-order valence-electron chi connectivity index (χ2n) is 6.82. The van der Waals surface area contributed by atoms with Crippen molar-refractivity contribution in [2.75, 3.05) is 0 Å². The number of nitrogens with zero attached hydrogens (tertiary/aromatic N) is 1. The SMILES string of the molecule is CC(C)(C)OC(=O)n1cc(CS(=O)c2ccccc2)c2ccccc21. The molecule has 1 atom stereocenters. The molecule has 0 fully saturated rings. The van der Waals surface area contributed by atoms with Gasteiger partial charge in [0.15, 0.2) is 0 Å². The molecular weight excluding hydrogens is 334 g/mol. The molecule has 0 N–H and O–H groups in total. The van der Waals surface area contributed by atoms with Crippen LogP contribution in [0, 0.1) is 0 Å². The number of fused-ring (bicyclic) bond motifs is 1. The summed E-state index contributed by atoms with van der Waals surface area (Å²) in [6.45, 7) is 5.51. The number of hydrogen-bond donors (Lipinski definition) is 0. The highest BCUT2D eigenvalue weighted by Crippen LogP contribution is 2.25. The summed E-state index contributed by atoms with van der Waals surface area (Å²) in [5, 5.41) is 0.914. The Bertz CT molecular complexity index is 923. The van der Waals surface area contributed by atoms with Crippen molar-refractivity contribution in [3.05, 3.63) is 66.4 Å². The second kappa shape index (κ2) is 6.84. The highest BCUT2D eigenvalue weighted by Gasteiger charge is 2.21. The minimum absolute atomic E-state index is 0.348. The molecule has 0 spiro atoms. The molecule has 130 valence electrons. The minimum atomic E-state index is -1.17. The number of para-hydroxylation sites is 1. The maximum atomic E-state index is 12.7. The smallest absolute Gasteiger partial charge is 0.419 e. The van der Waals surface area contributed by atoms with Gasteiger partial charge in [0.25, 0.3) is 0 Å². The van der Waals surface area contributed by atoms with Crippen LogP contribution in [0.25, 0.3) is 10.9 Å². The van der Waals surface area contributed by atoms with Crippen LogP contribution in [0.4, 0.5) is 4.79 Å². The van der Waals surface area contributed by atoms with Crippen LogP contribution < -0.4 is 0 Å². The first-order valence-corrected chi connectivity index (χ1v) is 9.43. The van der Waals surface area contributed by atoms with Crippen molar-refractivity contribution >= 4 is 27.8 Å². The molecule has 0 amide bonds. The van der Waals surface area contributed by atoms with Crippen LogP contribution in [0.1, 0.15) is 26.3 Å². The number of rotatable bonds is 3. The quantitative estimate of drug-likeness (QED) is 0.682. The Kier molecular flexibility index (Phi) is 4.77. The van der Waals surface area contributed by atoms with Gasteiger partial charge in [-0.2, -0.15) is 0 Å². The molecule has 3 rings (SSSR count). The molecule has 0 saturated carbocycles. The molecule has 1 aromatic heterocycles. The first-order valence-electron chi connectivity index (χ1n) is 8.11. The monoisotopic (exact) mass is 355 g/mol. The van der Waals surface area contributed by atoms with Crippen molar-refractivity contribution in [2.45, 2.75) is 37.0 Å². The second-order valence-corrected chi connectivity index (χ2v) is 8.28. The van der Waals surface area contributed by atoms with Crippen LogP contribution in [0.2, 0.25) is 0 Å². The summed E-state index contributed by atoms with van der Waals surface area (Å²) in [5.74, 6) is 0.348. The molecule has 2 aromatic carbocycles. The predicted molar refractivity (Wildman–Crippen MR) is 100 cm³/mol.